The van der Waals surface area contributed by atoms with Gasteiger partial charge in [0.2, 0.25) is 0 Å². The molecule has 0 amide bonds. The van der Waals surface area contributed by atoms with Gasteiger partial charge >= 0.3 is 0 Å². The molecule has 0 spiro atoms. The van der Waals surface area contributed by atoms with Crippen LogP contribution in [0, 0.1) is 18.3 Å². The van der Waals surface area contributed by atoms with Gasteiger partial charge in [-0.15, -0.1) is 0 Å². The Morgan fingerprint density at radius 3 is 2.90 bits per heavy atom. The number of aryl methyl sites for hydroxylation is 1. The van der Waals surface area contributed by atoms with Crippen LogP contribution in [0.5, 0.6) is 0 Å². The van der Waals surface area contributed by atoms with Crippen LogP contribution in [0.15, 0.2) is 6.20 Å². The average Bonchev–Trinajstić information content (AvgIpc) is 2.20. The minimum absolute atomic E-state index is 0.442. The van der Waals surface area contributed by atoms with Crippen LogP contribution >= 0.6 is 0 Å². The molecule has 0 saturated carbocycles. The number of imidazole rings is 1. The van der Waals surface area contributed by atoms with Crippen LogP contribution in [0.2, 0.25) is 0 Å². The van der Waals surface area contributed by atoms with Crippen molar-refractivity contribution >= 4 is 0 Å². The quantitative estimate of drug-likeness (QED) is 0.571. The highest BCUT2D eigenvalue weighted by Crippen LogP contribution is 2.00. The fourth-order valence-corrected chi connectivity index (χ4v) is 0.794. The van der Waals surface area contributed by atoms with Crippen molar-refractivity contribution in [2.45, 2.75) is 13.3 Å². The smallest absolute Gasteiger partial charge is 0.105 e. The number of rotatable bonds is 1. The molecule has 0 saturated heterocycles. The van der Waals surface area contributed by atoms with Crippen molar-refractivity contribution in [1.29, 1.82) is 5.26 Å². The van der Waals surface area contributed by atoms with E-state index in [0.29, 0.717) is 6.42 Å². The second kappa shape index (κ2) is 2.53. The summed E-state index contributed by atoms with van der Waals surface area (Å²) in [7, 11) is 1.91. The summed E-state index contributed by atoms with van der Waals surface area (Å²) in [5.41, 5.74) is 0.972. The van der Waals surface area contributed by atoms with E-state index in [1.807, 2.05) is 18.5 Å². The van der Waals surface area contributed by atoms with E-state index < -0.39 is 0 Å². The molecule has 0 bridgehead atoms. The van der Waals surface area contributed by atoms with Gasteiger partial charge in [0.25, 0.3) is 0 Å². The highest BCUT2D eigenvalue weighted by Gasteiger charge is 1.99. The van der Waals surface area contributed by atoms with Gasteiger partial charge in [-0.05, 0) is 6.92 Å². The highest BCUT2D eigenvalue weighted by molar-refractivity contribution is 5.08. The molecular weight excluding hydrogens is 126 g/mol. The van der Waals surface area contributed by atoms with Crippen LogP contribution in [-0.2, 0) is 13.5 Å². The van der Waals surface area contributed by atoms with Crippen molar-refractivity contribution in [2.24, 2.45) is 7.05 Å². The minimum atomic E-state index is 0.442. The van der Waals surface area contributed by atoms with E-state index in [1.165, 1.54) is 0 Å². The van der Waals surface area contributed by atoms with Gasteiger partial charge in [-0.1, -0.05) is 0 Å². The Hall–Kier alpha value is -1.30. The molecule has 0 aliphatic heterocycles. The molecule has 0 N–H and O–H groups in total. The summed E-state index contributed by atoms with van der Waals surface area (Å²) < 4.78 is 1.92. The molecule has 10 heavy (non-hydrogen) atoms. The third kappa shape index (κ3) is 1.01. The Kier molecular flexibility index (Phi) is 1.72. The lowest BCUT2D eigenvalue weighted by Gasteiger charge is -1.96. The molecule has 0 aromatic carbocycles. The van der Waals surface area contributed by atoms with Crippen LogP contribution in [0.1, 0.15) is 11.5 Å². The number of hydrogen-bond donors (Lipinski definition) is 0. The first-order valence-corrected chi connectivity index (χ1v) is 3.10. The van der Waals surface area contributed by atoms with Gasteiger partial charge in [0.1, 0.15) is 5.82 Å². The maximum absolute atomic E-state index is 8.36. The monoisotopic (exact) mass is 135 g/mol. The van der Waals surface area contributed by atoms with Crippen molar-refractivity contribution in [3.63, 3.8) is 0 Å². The fraction of sp³-hybridized carbons (Fsp3) is 0.429. The highest BCUT2D eigenvalue weighted by atomic mass is 15.0. The zero-order chi connectivity index (χ0) is 7.56. The summed E-state index contributed by atoms with van der Waals surface area (Å²) in [4.78, 5) is 4.05. The van der Waals surface area contributed by atoms with Crippen LogP contribution in [0.4, 0.5) is 0 Å². The van der Waals surface area contributed by atoms with Crippen molar-refractivity contribution in [1.82, 2.24) is 9.55 Å². The Morgan fingerprint density at radius 2 is 2.50 bits per heavy atom. The Morgan fingerprint density at radius 1 is 1.80 bits per heavy atom. The zero-order valence-electron chi connectivity index (χ0n) is 6.13. The largest absolute Gasteiger partial charge is 0.334 e. The zero-order valence-corrected chi connectivity index (χ0v) is 6.13. The van der Waals surface area contributed by atoms with E-state index in [9.17, 15) is 0 Å². The Balaban J connectivity index is 2.96. The summed E-state index contributed by atoms with van der Waals surface area (Å²) in [6.07, 6.45) is 2.18. The van der Waals surface area contributed by atoms with Gasteiger partial charge in [0.05, 0.1) is 18.2 Å². The lowest BCUT2D eigenvalue weighted by Crippen LogP contribution is -1.96. The number of aromatic nitrogens is 2. The van der Waals surface area contributed by atoms with Crippen molar-refractivity contribution in [2.75, 3.05) is 0 Å². The lowest BCUT2D eigenvalue weighted by atomic mass is 10.3. The number of nitriles is 1. The van der Waals surface area contributed by atoms with Crippen LogP contribution in [0.25, 0.3) is 0 Å². The first-order valence-electron chi connectivity index (χ1n) is 3.10. The predicted molar refractivity (Wildman–Crippen MR) is 37.3 cm³/mol. The molecule has 1 rings (SSSR count). The normalized spacial score (nSPS) is 9.30. The van der Waals surface area contributed by atoms with E-state index in [4.69, 9.17) is 5.26 Å². The van der Waals surface area contributed by atoms with E-state index in [1.54, 1.807) is 6.20 Å². The van der Waals surface area contributed by atoms with Gasteiger partial charge in [-0.3, -0.25) is 0 Å². The summed E-state index contributed by atoms with van der Waals surface area (Å²) >= 11 is 0. The molecule has 0 aliphatic carbocycles. The minimum Gasteiger partial charge on any atom is -0.334 e. The number of nitrogens with zero attached hydrogens (tertiary/aromatic N) is 3. The summed E-state index contributed by atoms with van der Waals surface area (Å²) in [5, 5.41) is 8.36. The van der Waals surface area contributed by atoms with Crippen molar-refractivity contribution in [3.8, 4) is 6.07 Å². The summed E-state index contributed by atoms with van der Waals surface area (Å²) in [6.45, 7) is 1.92. The molecule has 1 aromatic heterocycles. The van der Waals surface area contributed by atoms with Gasteiger partial charge in [0.15, 0.2) is 0 Å². The van der Waals surface area contributed by atoms with Gasteiger partial charge in [0, 0.05) is 13.2 Å². The SMILES string of the molecule is Cc1ncc(CC#N)n1C. The van der Waals surface area contributed by atoms with Gasteiger partial charge in [-0.2, -0.15) is 5.26 Å². The average molecular weight is 135 g/mol. The van der Waals surface area contributed by atoms with E-state index in [0.717, 1.165) is 11.5 Å². The molecule has 0 radical (unpaired) electrons. The first-order chi connectivity index (χ1) is 4.75. The molecule has 0 unspecified atom stereocenters. The molecule has 3 nitrogen and oxygen atoms in total. The summed E-state index contributed by atoms with van der Waals surface area (Å²) in [5.74, 6) is 0.949. The predicted octanol–water partition coefficient (Wildman–Crippen LogP) is 0.795. The van der Waals surface area contributed by atoms with Crippen LogP contribution < -0.4 is 0 Å². The van der Waals surface area contributed by atoms with Crippen LogP contribution in [0.3, 0.4) is 0 Å². The third-order valence-corrected chi connectivity index (χ3v) is 1.58. The maximum atomic E-state index is 8.36. The van der Waals surface area contributed by atoms with E-state index in [-0.39, 0.29) is 0 Å². The molecule has 0 fully saturated rings. The topological polar surface area (TPSA) is 41.6 Å². The van der Waals surface area contributed by atoms with Crippen molar-refractivity contribution < 1.29 is 0 Å². The molecule has 3 heteroatoms. The fourth-order valence-electron chi connectivity index (χ4n) is 0.794. The van der Waals surface area contributed by atoms with E-state index >= 15 is 0 Å². The molecular formula is C7H9N3. The Bertz CT molecular complexity index is 267. The van der Waals surface area contributed by atoms with Gasteiger partial charge in [-0.25, -0.2) is 4.98 Å². The molecule has 1 aromatic rings. The second-order valence-corrected chi connectivity index (χ2v) is 2.19. The molecule has 1 heterocycles. The van der Waals surface area contributed by atoms with Gasteiger partial charge < -0.3 is 4.57 Å². The van der Waals surface area contributed by atoms with E-state index in [2.05, 4.69) is 11.1 Å². The molecule has 52 valence electrons. The third-order valence-electron chi connectivity index (χ3n) is 1.58. The Labute approximate surface area is 59.9 Å². The van der Waals surface area contributed by atoms with Crippen molar-refractivity contribution in [3.05, 3.63) is 17.7 Å². The maximum Gasteiger partial charge on any atom is 0.105 e. The standard InChI is InChI=1S/C7H9N3/c1-6-9-5-7(3-4-8)10(6)2/h5H,3H2,1-2H3. The second-order valence-electron chi connectivity index (χ2n) is 2.19. The van der Waals surface area contributed by atoms with Crippen LogP contribution in [-0.4, -0.2) is 9.55 Å². The molecule has 0 aliphatic rings. The lowest BCUT2D eigenvalue weighted by molar-refractivity contribution is 0.813. The number of hydrogen-bond acceptors (Lipinski definition) is 2. The molecule has 0 atom stereocenters. The summed E-state index contributed by atoms with van der Waals surface area (Å²) in [6, 6.07) is 2.08. The first kappa shape index (κ1) is 6.81.